The Morgan fingerprint density at radius 2 is 1.72 bits per heavy atom. The molecule has 0 amide bonds. The summed E-state index contributed by atoms with van der Waals surface area (Å²) in [6.45, 7) is 6.51. The van der Waals surface area contributed by atoms with Crippen LogP contribution in [0, 0.1) is 5.82 Å². The molecule has 0 saturated heterocycles. The number of anilines is 4. The molecule has 1 aromatic heterocycles. The highest BCUT2D eigenvalue weighted by Gasteiger charge is 2.17. The summed E-state index contributed by atoms with van der Waals surface area (Å²) in [5.41, 5.74) is 2.82. The van der Waals surface area contributed by atoms with Gasteiger partial charge in [0.25, 0.3) is 0 Å². The average molecular weight is 336 g/mol. The normalized spacial score (nSPS) is 11.2. The minimum Gasteiger partial charge on any atom is -0.340 e. The highest BCUT2D eigenvalue weighted by Crippen LogP contribution is 2.31. The van der Waals surface area contributed by atoms with Crippen LogP contribution in [0.15, 0.2) is 60.8 Å². The van der Waals surface area contributed by atoms with Crippen LogP contribution in [0.2, 0.25) is 0 Å². The smallest absolute Gasteiger partial charge is 0.229 e. The Morgan fingerprint density at radius 1 is 0.920 bits per heavy atom. The summed E-state index contributed by atoms with van der Waals surface area (Å²) in [7, 11) is 0. The minimum atomic E-state index is -0.307. The van der Waals surface area contributed by atoms with Gasteiger partial charge in [-0.25, -0.2) is 9.37 Å². The first kappa shape index (κ1) is 16.9. The third-order valence-corrected chi connectivity index (χ3v) is 3.73. The monoisotopic (exact) mass is 336 g/mol. The standard InChI is InChI=1S/C20H21FN4/c1-20(2,3)16-9-4-5-10-17(16)24-18-11-12-22-19(25-18)23-15-8-6-7-14(21)13-15/h4-13H,1-3H3,(H2,22,23,24,25). The van der Waals surface area contributed by atoms with Crippen molar-refractivity contribution in [3.63, 3.8) is 0 Å². The lowest BCUT2D eigenvalue weighted by Crippen LogP contribution is -2.13. The van der Waals surface area contributed by atoms with Crippen molar-refractivity contribution < 1.29 is 4.39 Å². The lowest BCUT2D eigenvalue weighted by atomic mass is 9.86. The van der Waals surface area contributed by atoms with Crippen molar-refractivity contribution in [1.82, 2.24) is 9.97 Å². The second-order valence-corrected chi connectivity index (χ2v) is 6.82. The van der Waals surface area contributed by atoms with Crippen LogP contribution in [-0.2, 0) is 5.41 Å². The Kier molecular flexibility index (Phi) is 4.65. The van der Waals surface area contributed by atoms with Crippen LogP contribution in [0.3, 0.4) is 0 Å². The van der Waals surface area contributed by atoms with Gasteiger partial charge in [0.2, 0.25) is 5.95 Å². The Hall–Kier alpha value is -2.95. The van der Waals surface area contributed by atoms with Gasteiger partial charge in [-0.05, 0) is 41.3 Å². The number of nitrogens with one attached hydrogen (secondary N) is 2. The van der Waals surface area contributed by atoms with Gasteiger partial charge in [0.1, 0.15) is 11.6 Å². The summed E-state index contributed by atoms with van der Waals surface area (Å²) in [6.07, 6.45) is 1.66. The van der Waals surface area contributed by atoms with Crippen molar-refractivity contribution in [2.24, 2.45) is 0 Å². The zero-order valence-electron chi connectivity index (χ0n) is 14.5. The lowest BCUT2D eigenvalue weighted by Gasteiger charge is -2.23. The van der Waals surface area contributed by atoms with E-state index in [2.05, 4.69) is 47.4 Å². The molecule has 0 aliphatic rings. The number of rotatable bonds is 4. The maximum atomic E-state index is 13.3. The van der Waals surface area contributed by atoms with Gasteiger partial charge >= 0.3 is 0 Å². The number of aromatic nitrogens is 2. The molecule has 0 aliphatic carbocycles. The topological polar surface area (TPSA) is 49.8 Å². The molecular formula is C20H21FN4. The number of para-hydroxylation sites is 1. The van der Waals surface area contributed by atoms with E-state index in [0.29, 0.717) is 17.5 Å². The van der Waals surface area contributed by atoms with E-state index in [1.54, 1.807) is 24.4 Å². The zero-order valence-corrected chi connectivity index (χ0v) is 14.5. The van der Waals surface area contributed by atoms with E-state index < -0.39 is 0 Å². The highest BCUT2D eigenvalue weighted by molar-refractivity contribution is 5.63. The summed E-state index contributed by atoms with van der Waals surface area (Å²) >= 11 is 0. The van der Waals surface area contributed by atoms with E-state index in [9.17, 15) is 4.39 Å². The summed E-state index contributed by atoms with van der Waals surface area (Å²) in [4.78, 5) is 8.65. The number of halogens is 1. The van der Waals surface area contributed by atoms with E-state index in [0.717, 1.165) is 5.69 Å². The van der Waals surface area contributed by atoms with Gasteiger partial charge in [-0.2, -0.15) is 4.98 Å². The van der Waals surface area contributed by atoms with E-state index >= 15 is 0 Å². The number of benzene rings is 2. The van der Waals surface area contributed by atoms with Crippen molar-refractivity contribution in [3.8, 4) is 0 Å². The maximum Gasteiger partial charge on any atom is 0.229 e. The second-order valence-electron chi connectivity index (χ2n) is 6.82. The molecule has 2 aromatic carbocycles. The summed E-state index contributed by atoms with van der Waals surface area (Å²) < 4.78 is 13.3. The van der Waals surface area contributed by atoms with Crippen LogP contribution in [-0.4, -0.2) is 9.97 Å². The van der Waals surface area contributed by atoms with Crippen LogP contribution in [0.25, 0.3) is 0 Å². The van der Waals surface area contributed by atoms with Gasteiger partial charge in [0.15, 0.2) is 0 Å². The fourth-order valence-corrected chi connectivity index (χ4v) is 2.57. The Labute approximate surface area is 147 Å². The fraction of sp³-hybridized carbons (Fsp3) is 0.200. The molecule has 25 heavy (non-hydrogen) atoms. The second kappa shape index (κ2) is 6.89. The van der Waals surface area contributed by atoms with Gasteiger partial charge in [0.05, 0.1) is 0 Å². The predicted molar refractivity (Wildman–Crippen MR) is 100 cm³/mol. The number of hydrogen-bond acceptors (Lipinski definition) is 4. The zero-order chi connectivity index (χ0) is 17.9. The van der Waals surface area contributed by atoms with Gasteiger partial charge in [-0.3, -0.25) is 0 Å². The molecule has 1 heterocycles. The Morgan fingerprint density at radius 3 is 2.48 bits per heavy atom. The number of hydrogen-bond donors (Lipinski definition) is 2. The summed E-state index contributed by atoms with van der Waals surface area (Å²) in [5, 5.41) is 6.36. The SMILES string of the molecule is CC(C)(C)c1ccccc1Nc1ccnc(Nc2cccc(F)c2)n1. The highest BCUT2D eigenvalue weighted by atomic mass is 19.1. The van der Waals surface area contributed by atoms with Gasteiger partial charge in [-0.1, -0.05) is 45.0 Å². The molecule has 0 radical (unpaired) electrons. The van der Waals surface area contributed by atoms with Crippen LogP contribution in [0.1, 0.15) is 26.3 Å². The molecule has 3 aromatic rings. The summed E-state index contributed by atoms with van der Waals surface area (Å²) in [5.74, 6) is 0.771. The predicted octanol–water partition coefficient (Wildman–Crippen LogP) is 5.40. The third-order valence-electron chi connectivity index (χ3n) is 3.73. The average Bonchev–Trinajstić information content (AvgIpc) is 2.55. The maximum absolute atomic E-state index is 13.3. The molecule has 0 fully saturated rings. The van der Waals surface area contributed by atoms with E-state index in [1.807, 2.05) is 18.2 Å². The molecule has 0 saturated carbocycles. The quantitative estimate of drug-likeness (QED) is 0.670. The summed E-state index contributed by atoms with van der Waals surface area (Å²) in [6, 6.07) is 16.2. The van der Waals surface area contributed by atoms with Gasteiger partial charge < -0.3 is 10.6 Å². The van der Waals surface area contributed by atoms with Crippen LogP contribution in [0.4, 0.5) is 27.5 Å². The molecule has 0 unspecified atom stereocenters. The molecule has 128 valence electrons. The molecule has 4 nitrogen and oxygen atoms in total. The van der Waals surface area contributed by atoms with E-state index in [1.165, 1.54) is 17.7 Å². The van der Waals surface area contributed by atoms with Crippen molar-refractivity contribution in [2.75, 3.05) is 10.6 Å². The minimum absolute atomic E-state index is 0.0132. The van der Waals surface area contributed by atoms with E-state index in [4.69, 9.17) is 0 Å². The third kappa shape index (κ3) is 4.32. The largest absolute Gasteiger partial charge is 0.340 e. The van der Waals surface area contributed by atoms with Crippen molar-refractivity contribution >= 4 is 23.1 Å². The van der Waals surface area contributed by atoms with Crippen molar-refractivity contribution in [2.45, 2.75) is 26.2 Å². The van der Waals surface area contributed by atoms with Crippen molar-refractivity contribution in [3.05, 3.63) is 72.2 Å². The molecule has 0 spiro atoms. The molecular weight excluding hydrogens is 315 g/mol. The molecule has 3 rings (SSSR count). The first-order valence-electron chi connectivity index (χ1n) is 8.14. The lowest BCUT2D eigenvalue weighted by molar-refractivity contribution is 0.592. The molecule has 0 bridgehead atoms. The fourth-order valence-electron chi connectivity index (χ4n) is 2.57. The van der Waals surface area contributed by atoms with Crippen LogP contribution >= 0.6 is 0 Å². The number of nitrogens with zero attached hydrogens (tertiary/aromatic N) is 2. The van der Waals surface area contributed by atoms with Crippen molar-refractivity contribution in [1.29, 1.82) is 0 Å². The van der Waals surface area contributed by atoms with Crippen LogP contribution < -0.4 is 10.6 Å². The molecule has 0 aliphatic heterocycles. The van der Waals surface area contributed by atoms with Gasteiger partial charge in [-0.15, -0.1) is 0 Å². The van der Waals surface area contributed by atoms with Gasteiger partial charge in [0, 0.05) is 17.6 Å². The molecule has 2 N–H and O–H groups in total. The molecule has 0 atom stereocenters. The first-order chi connectivity index (χ1) is 11.9. The Bertz CT molecular complexity index is 871. The first-order valence-corrected chi connectivity index (χ1v) is 8.14. The van der Waals surface area contributed by atoms with E-state index in [-0.39, 0.29) is 11.2 Å². The Balaban J connectivity index is 1.83. The molecule has 5 heteroatoms. The van der Waals surface area contributed by atoms with Crippen LogP contribution in [0.5, 0.6) is 0 Å².